The first-order chi connectivity index (χ1) is 14.3. The van der Waals surface area contributed by atoms with Gasteiger partial charge in [0, 0.05) is 21.3 Å². The summed E-state index contributed by atoms with van der Waals surface area (Å²) in [4.78, 5) is 0.0971. The molecule has 0 saturated carbocycles. The van der Waals surface area contributed by atoms with Crippen LogP contribution >= 0.6 is 23.2 Å². The standard InChI is InChI=1S/C21H16Cl2N4O2S/c1-14-11-17(8-10-19(14)23)30(28,29)26-20-12-15(22)7-9-18(20)21-25-24-13-27(21)16-5-3-2-4-6-16/h2-13,26H,1H3. The first-order valence-electron chi connectivity index (χ1n) is 8.89. The Labute approximate surface area is 184 Å². The number of benzene rings is 3. The maximum absolute atomic E-state index is 13.0. The van der Waals surface area contributed by atoms with E-state index in [0.717, 1.165) is 5.69 Å². The van der Waals surface area contributed by atoms with Crippen molar-refractivity contribution < 1.29 is 8.42 Å². The van der Waals surface area contributed by atoms with Crippen LogP contribution in [-0.4, -0.2) is 23.2 Å². The monoisotopic (exact) mass is 458 g/mol. The van der Waals surface area contributed by atoms with Gasteiger partial charge in [-0.25, -0.2) is 8.42 Å². The predicted molar refractivity (Wildman–Crippen MR) is 119 cm³/mol. The van der Waals surface area contributed by atoms with Crippen molar-refractivity contribution in [2.75, 3.05) is 4.72 Å². The molecule has 1 heterocycles. The summed E-state index contributed by atoms with van der Waals surface area (Å²) in [5.41, 5.74) is 2.33. The number of halogens is 2. The lowest BCUT2D eigenvalue weighted by atomic mass is 10.1. The lowest BCUT2D eigenvalue weighted by molar-refractivity contribution is 0.601. The minimum Gasteiger partial charge on any atom is -0.282 e. The molecule has 0 fully saturated rings. The Morgan fingerprint density at radius 3 is 2.47 bits per heavy atom. The van der Waals surface area contributed by atoms with Gasteiger partial charge >= 0.3 is 0 Å². The van der Waals surface area contributed by atoms with Crippen LogP contribution in [0.4, 0.5) is 5.69 Å². The summed E-state index contributed by atoms with van der Waals surface area (Å²) in [5, 5.41) is 9.08. The van der Waals surface area contributed by atoms with E-state index >= 15 is 0 Å². The van der Waals surface area contributed by atoms with E-state index in [0.29, 0.717) is 32.7 Å². The molecule has 0 aliphatic rings. The molecule has 3 aromatic carbocycles. The van der Waals surface area contributed by atoms with Gasteiger partial charge in [-0.3, -0.25) is 9.29 Å². The van der Waals surface area contributed by atoms with E-state index in [4.69, 9.17) is 23.2 Å². The van der Waals surface area contributed by atoms with Crippen molar-refractivity contribution in [3.8, 4) is 17.1 Å². The molecular weight excluding hydrogens is 443 g/mol. The molecule has 6 nitrogen and oxygen atoms in total. The van der Waals surface area contributed by atoms with Crippen molar-refractivity contribution in [2.24, 2.45) is 0 Å². The normalized spacial score (nSPS) is 11.4. The largest absolute Gasteiger partial charge is 0.282 e. The molecule has 4 aromatic rings. The van der Waals surface area contributed by atoms with Crippen LogP contribution in [0.2, 0.25) is 10.0 Å². The van der Waals surface area contributed by atoms with Gasteiger partial charge in [0.1, 0.15) is 6.33 Å². The maximum atomic E-state index is 13.0. The summed E-state index contributed by atoms with van der Waals surface area (Å²) >= 11 is 12.2. The smallest absolute Gasteiger partial charge is 0.261 e. The highest BCUT2D eigenvalue weighted by Gasteiger charge is 2.20. The molecule has 0 aliphatic carbocycles. The lowest BCUT2D eigenvalue weighted by Crippen LogP contribution is -2.14. The van der Waals surface area contributed by atoms with Crippen LogP contribution in [0.15, 0.2) is 78.0 Å². The molecule has 0 radical (unpaired) electrons. The van der Waals surface area contributed by atoms with E-state index in [2.05, 4.69) is 14.9 Å². The van der Waals surface area contributed by atoms with Gasteiger partial charge in [0.15, 0.2) is 5.82 Å². The molecule has 152 valence electrons. The van der Waals surface area contributed by atoms with Crippen LogP contribution in [0.25, 0.3) is 17.1 Å². The number of anilines is 1. The van der Waals surface area contributed by atoms with Crippen LogP contribution in [0, 0.1) is 6.92 Å². The molecule has 0 saturated heterocycles. The van der Waals surface area contributed by atoms with Gasteiger partial charge in [-0.05, 0) is 61.0 Å². The van der Waals surface area contributed by atoms with Crippen LogP contribution in [0.3, 0.4) is 0 Å². The van der Waals surface area contributed by atoms with Crippen molar-refractivity contribution in [3.63, 3.8) is 0 Å². The van der Waals surface area contributed by atoms with Gasteiger partial charge in [0.05, 0.1) is 10.6 Å². The number of rotatable bonds is 5. The highest BCUT2D eigenvalue weighted by molar-refractivity contribution is 7.92. The first-order valence-corrected chi connectivity index (χ1v) is 11.1. The third kappa shape index (κ3) is 4.05. The summed E-state index contributed by atoms with van der Waals surface area (Å²) in [7, 11) is -3.89. The van der Waals surface area contributed by atoms with Crippen LogP contribution in [0.5, 0.6) is 0 Å². The third-order valence-corrected chi connectivity index (χ3v) is 6.51. The Hall–Kier alpha value is -2.87. The van der Waals surface area contributed by atoms with Gasteiger partial charge in [-0.1, -0.05) is 41.4 Å². The molecule has 0 spiro atoms. The van der Waals surface area contributed by atoms with Crippen molar-refractivity contribution >= 4 is 38.9 Å². The molecule has 4 rings (SSSR count). The Morgan fingerprint density at radius 2 is 1.73 bits per heavy atom. The Morgan fingerprint density at radius 1 is 0.967 bits per heavy atom. The first kappa shape index (κ1) is 20.4. The van der Waals surface area contributed by atoms with E-state index in [1.807, 2.05) is 30.3 Å². The summed E-state index contributed by atoms with van der Waals surface area (Å²) in [5.74, 6) is 0.475. The van der Waals surface area contributed by atoms with E-state index < -0.39 is 10.0 Å². The summed E-state index contributed by atoms with van der Waals surface area (Å²) in [6.45, 7) is 1.74. The van der Waals surface area contributed by atoms with Crippen molar-refractivity contribution in [2.45, 2.75) is 11.8 Å². The molecule has 30 heavy (non-hydrogen) atoms. The Bertz CT molecular complexity index is 1320. The van der Waals surface area contributed by atoms with E-state index in [1.54, 1.807) is 42.1 Å². The zero-order valence-corrected chi connectivity index (χ0v) is 18.1. The zero-order chi connectivity index (χ0) is 21.3. The number of aryl methyl sites for hydroxylation is 1. The lowest BCUT2D eigenvalue weighted by Gasteiger charge is -2.14. The number of nitrogens with zero attached hydrogens (tertiary/aromatic N) is 3. The van der Waals surface area contributed by atoms with E-state index in [-0.39, 0.29) is 4.90 Å². The van der Waals surface area contributed by atoms with Gasteiger partial charge in [0.2, 0.25) is 0 Å². The van der Waals surface area contributed by atoms with Gasteiger partial charge in [-0.2, -0.15) is 0 Å². The Kier molecular flexibility index (Phi) is 5.51. The summed E-state index contributed by atoms with van der Waals surface area (Å²) < 4.78 is 30.4. The Balaban J connectivity index is 1.79. The summed E-state index contributed by atoms with van der Waals surface area (Å²) in [6, 6.07) is 19.0. The molecular formula is C21H16Cl2N4O2S. The van der Waals surface area contributed by atoms with Crippen molar-refractivity contribution in [3.05, 3.63) is 88.7 Å². The molecule has 0 unspecified atom stereocenters. The number of sulfonamides is 1. The molecule has 0 bridgehead atoms. The van der Waals surface area contributed by atoms with Crippen molar-refractivity contribution in [1.29, 1.82) is 0 Å². The van der Waals surface area contributed by atoms with Crippen LogP contribution in [-0.2, 0) is 10.0 Å². The van der Waals surface area contributed by atoms with Crippen molar-refractivity contribution in [1.82, 2.24) is 14.8 Å². The summed E-state index contributed by atoms with van der Waals surface area (Å²) in [6.07, 6.45) is 1.57. The number of nitrogens with one attached hydrogen (secondary N) is 1. The fraction of sp³-hybridized carbons (Fsp3) is 0.0476. The number of aromatic nitrogens is 3. The van der Waals surface area contributed by atoms with Crippen LogP contribution < -0.4 is 4.72 Å². The zero-order valence-electron chi connectivity index (χ0n) is 15.8. The topological polar surface area (TPSA) is 76.9 Å². The molecule has 0 aliphatic heterocycles. The number of hydrogen-bond donors (Lipinski definition) is 1. The SMILES string of the molecule is Cc1cc(S(=O)(=O)Nc2cc(Cl)ccc2-c2nncn2-c2ccccc2)ccc1Cl. The number of hydrogen-bond acceptors (Lipinski definition) is 4. The molecule has 0 amide bonds. The quantitative estimate of drug-likeness (QED) is 0.437. The van der Waals surface area contributed by atoms with Gasteiger partial charge in [-0.15, -0.1) is 10.2 Å². The third-order valence-electron chi connectivity index (χ3n) is 4.49. The highest BCUT2D eigenvalue weighted by Crippen LogP contribution is 2.32. The second-order valence-corrected chi connectivity index (χ2v) is 9.09. The minimum atomic E-state index is -3.89. The minimum absolute atomic E-state index is 0.0971. The average molecular weight is 459 g/mol. The van der Waals surface area contributed by atoms with E-state index in [1.165, 1.54) is 12.1 Å². The maximum Gasteiger partial charge on any atom is 0.261 e. The van der Waals surface area contributed by atoms with Gasteiger partial charge in [0.25, 0.3) is 10.0 Å². The molecule has 0 atom stereocenters. The molecule has 9 heteroatoms. The molecule has 1 aromatic heterocycles. The second kappa shape index (κ2) is 8.10. The van der Waals surface area contributed by atoms with E-state index in [9.17, 15) is 8.42 Å². The fourth-order valence-electron chi connectivity index (χ4n) is 2.98. The second-order valence-electron chi connectivity index (χ2n) is 6.57. The average Bonchev–Trinajstić information content (AvgIpc) is 3.20. The highest BCUT2D eigenvalue weighted by atomic mass is 35.5. The molecule has 1 N–H and O–H groups in total. The van der Waals surface area contributed by atoms with Crippen LogP contribution in [0.1, 0.15) is 5.56 Å². The van der Waals surface area contributed by atoms with Gasteiger partial charge < -0.3 is 0 Å². The number of para-hydroxylation sites is 1. The fourth-order valence-corrected chi connectivity index (χ4v) is 4.43. The predicted octanol–water partition coefficient (Wildman–Crippen LogP) is 5.35.